The Kier molecular flexibility index (Phi) is 35.8. The number of aliphatic hydroxyl groups excluding tert-OH is 6. The fourth-order valence-corrected chi connectivity index (χ4v) is 7.06. The van der Waals surface area contributed by atoms with Crippen LogP contribution in [0.2, 0.25) is 0 Å². The molecule has 1 aliphatic rings. The molecule has 14 nitrogen and oxygen atoms in total. The first-order valence-electron chi connectivity index (χ1n) is 23.4. The molecule has 1 saturated carbocycles. The fraction of sp³-hybridized carbons (Fsp3) is 0.569. The Bertz CT molecular complexity index is 1630. The molecule has 1 fully saturated rings. The largest absolute Gasteiger partial charge is 0.472 e. The first-order chi connectivity index (χ1) is 31.8. The molecule has 1 rings (SSSR count). The van der Waals surface area contributed by atoms with Gasteiger partial charge in [-0.3, -0.25) is 18.6 Å². The highest BCUT2D eigenvalue weighted by atomic mass is 31.2. The number of phosphoric acid groups is 1. The molecular weight excluding hydrogens is 868 g/mol. The van der Waals surface area contributed by atoms with Gasteiger partial charge in [-0.15, -0.1) is 0 Å². The number of unbranched alkanes of at least 4 members (excludes halogenated alkanes) is 4. The van der Waals surface area contributed by atoms with Crippen molar-refractivity contribution in [3.8, 4) is 0 Å². The third kappa shape index (κ3) is 31.2. The van der Waals surface area contributed by atoms with Crippen LogP contribution in [0, 0.1) is 0 Å². The molecule has 0 amide bonds. The van der Waals surface area contributed by atoms with E-state index in [1.54, 1.807) is 18.2 Å². The molecule has 0 aromatic carbocycles. The maximum atomic E-state index is 12.8. The molecule has 7 N–H and O–H groups in total. The fourth-order valence-electron chi connectivity index (χ4n) is 6.09. The van der Waals surface area contributed by atoms with E-state index in [1.165, 1.54) is 19.3 Å². The Morgan fingerprint density at radius 1 is 0.561 bits per heavy atom. The summed E-state index contributed by atoms with van der Waals surface area (Å²) in [6.45, 7) is 2.95. The Labute approximate surface area is 393 Å². The van der Waals surface area contributed by atoms with Gasteiger partial charge in [-0.1, -0.05) is 148 Å². The Morgan fingerprint density at radius 2 is 1.06 bits per heavy atom. The van der Waals surface area contributed by atoms with Crippen LogP contribution in [-0.4, -0.2) is 110 Å². The first kappa shape index (κ1) is 60.2. The third-order valence-corrected chi connectivity index (χ3v) is 10.9. The summed E-state index contributed by atoms with van der Waals surface area (Å²) in [5.41, 5.74) is 0. The van der Waals surface area contributed by atoms with Crippen molar-refractivity contribution in [2.75, 3.05) is 13.2 Å². The van der Waals surface area contributed by atoms with Gasteiger partial charge >= 0.3 is 19.8 Å². The van der Waals surface area contributed by atoms with Gasteiger partial charge in [-0.2, -0.15) is 0 Å². The van der Waals surface area contributed by atoms with Gasteiger partial charge in [-0.25, -0.2) is 4.57 Å². The molecule has 1 aliphatic carbocycles. The number of esters is 2. The van der Waals surface area contributed by atoms with Crippen LogP contribution in [0.5, 0.6) is 0 Å². The minimum Gasteiger partial charge on any atom is -0.462 e. The van der Waals surface area contributed by atoms with E-state index >= 15 is 0 Å². The highest BCUT2D eigenvalue weighted by Crippen LogP contribution is 2.47. The number of aliphatic hydroxyl groups is 6. The van der Waals surface area contributed by atoms with Crippen LogP contribution in [0.1, 0.15) is 123 Å². The van der Waals surface area contributed by atoms with E-state index < -0.39 is 81.8 Å². The second kappa shape index (κ2) is 39.2. The van der Waals surface area contributed by atoms with E-state index in [4.69, 9.17) is 18.5 Å². The van der Waals surface area contributed by atoms with Crippen molar-refractivity contribution >= 4 is 19.8 Å². The molecule has 15 heteroatoms. The molecule has 0 heterocycles. The number of ether oxygens (including phenoxy) is 2. The Morgan fingerprint density at radius 3 is 1.62 bits per heavy atom. The number of allylic oxidation sites excluding steroid dienone is 18. The van der Waals surface area contributed by atoms with Crippen molar-refractivity contribution in [1.29, 1.82) is 0 Å². The van der Waals surface area contributed by atoms with E-state index in [9.17, 15) is 49.7 Å². The molecule has 9 atom stereocenters. The molecule has 0 spiro atoms. The number of rotatable bonds is 36. The maximum Gasteiger partial charge on any atom is 0.472 e. The topological polar surface area (TPSA) is 230 Å². The van der Waals surface area contributed by atoms with E-state index in [-0.39, 0.29) is 12.8 Å². The molecule has 0 aliphatic heterocycles. The predicted octanol–water partition coefficient (Wildman–Crippen LogP) is 8.36. The van der Waals surface area contributed by atoms with E-state index in [0.717, 1.165) is 44.9 Å². The molecule has 0 radical (unpaired) electrons. The lowest BCUT2D eigenvalue weighted by atomic mass is 9.85. The van der Waals surface area contributed by atoms with Gasteiger partial charge in [0.1, 0.15) is 43.2 Å². The maximum absolute atomic E-state index is 12.8. The summed E-state index contributed by atoms with van der Waals surface area (Å²) in [6, 6.07) is 0. The summed E-state index contributed by atoms with van der Waals surface area (Å²) in [6.07, 6.45) is 38.5. The Hall–Kier alpha value is -3.79. The summed E-state index contributed by atoms with van der Waals surface area (Å²) in [5, 5.41) is 60.3. The van der Waals surface area contributed by atoms with E-state index in [1.807, 2.05) is 36.5 Å². The van der Waals surface area contributed by atoms with Crippen LogP contribution in [0.3, 0.4) is 0 Å². The second-order valence-corrected chi connectivity index (χ2v) is 17.1. The van der Waals surface area contributed by atoms with Crippen LogP contribution in [0.15, 0.2) is 122 Å². The average Bonchev–Trinajstić information content (AvgIpc) is 3.29. The molecule has 0 bridgehead atoms. The molecule has 0 aromatic rings. The molecular formula is C51H79O14P. The zero-order valence-corrected chi connectivity index (χ0v) is 39.9. The van der Waals surface area contributed by atoms with Crippen LogP contribution in [0.25, 0.3) is 0 Å². The van der Waals surface area contributed by atoms with Crippen LogP contribution in [-0.2, 0) is 32.7 Å². The predicted molar refractivity (Wildman–Crippen MR) is 259 cm³/mol. The van der Waals surface area contributed by atoms with E-state index in [0.29, 0.717) is 32.1 Å². The quantitative estimate of drug-likeness (QED) is 0.0103. The van der Waals surface area contributed by atoms with Crippen molar-refractivity contribution in [1.82, 2.24) is 0 Å². The zero-order valence-electron chi connectivity index (χ0n) is 39.0. The number of carbonyl (C=O) groups excluding carboxylic acids is 2. The van der Waals surface area contributed by atoms with Gasteiger partial charge in [0.25, 0.3) is 0 Å². The molecule has 66 heavy (non-hydrogen) atoms. The minimum atomic E-state index is -5.18. The van der Waals surface area contributed by atoms with Crippen molar-refractivity contribution in [3.63, 3.8) is 0 Å². The first-order valence-corrected chi connectivity index (χ1v) is 24.9. The second-order valence-electron chi connectivity index (χ2n) is 15.7. The van der Waals surface area contributed by atoms with Crippen molar-refractivity contribution in [2.45, 2.75) is 172 Å². The lowest BCUT2D eigenvalue weighted by molar-refractivity contribution is -0.220. The van der Waals surface area contributed by atoms with Gasteiger partial charge in [-0.05, 0) is 83.5 Å². The highest BCUT2D eigenvalue weighted by molar-refractivity contribution is 7.47. The third-order valence-electron chi connectivity index (χ3n) is 9.88. The van der Waals surface area contributed by atoms with Crippen molar-refractivity contribution in [3.05, 3.63) is 122 Å². The highest BCUT2D eigenvalue weighted by Gasteiger charge is 2.51. The lowest BCUT2D eigenvalue weighted by Gasteiger charge is -2.41. The van der Waals surface area contributed by atoms with Crippen LogP contribution in [0.4, 0.5) is 0 Å². The van der Waals surface area contributed by atoms with Gasteiger partial charge in [0, 0.05) is 12.8 Å². The molecule has 372 valence electrons. The summed E-state index contributed by atoms with van der Waals surface area (Å²) in [7, 11) is -5.18. The SMILES string of the molecule is CC/C=C\C/C=C\C/C=C\C/C=C\C/C=C\C/C=C\CCC(=O)OC[C@H](COP(=O)(O)OC1[C@H](O)[C@H](O)C(O)[C@H](O)[C@H]1O)OC(=O)CCC/C=C/C=C\C(O)C/C=C\C/C=C\CCCCC. The number of hydrogen-bond donors (Lipinski definition) is 7. The van der Waals surface area contributed by atoms with E-state index in [2.05, 4.69) is 80.7 Å². The summed E-state index contributed by atoms with van der Waals surface area (Å²) in [4.78, 5) is 35.7. The summed E-state index contributed by atoms with van der Waals surface area (Å²) < 4.78 is 33.3. The zero-order chi connectivity index (χ0) is 48.7. The monoisotopic (exact) mass is 947 g/mol. The lowest BCUT2D eigenvalue weighted by Crippen LogP contribution is -2.64. The van der Waals surface area contributed by atoms with Gasteiger partial charge in [0.2, 0.25) is 0 Å². The van der Waals surface area contributed by atoms with Gasteiger partial charge in [0.15, 0.2) is 6.10 Å². The van der Waals surface area contributed by atoms with Gasteiger partial charge < -0.3 is 45.0 Å². The number of carbonyl (C=O) groups is 2. The van der Waals surface area contributed by atoms with Crippen LogP contribution >= 0.6 is 7.82 Å². The molecule has 0 aromatic heterocycles. The number of hydrogen-bond acceptors (Lipinski definition) is 13. The average molecular weight is 947 g/mol. The van der Waals surface area contributed by atoms with Crippen molar-refractivity contribution < 1.29 is 68.2 Å². The standard InChI is InChI=1S/C51H79O14P/c1-3-5-7-9-11-13-14-15-16-17-18-19-20-21-22-24-26-30-34-38-44(53)62-40-43(41-63-66(60,61)65-51-49(58)47(56)46(55)48(57)50(51)59)64-45(54)39-35-31-27-29-33-37-42(52)36-32-28-25-23-12-10-8-6-4-2/h5,7,11-13,15-16,18-19,21-23,26-30,32-33,37,42-43,46-52,55-59H,3-4,6,8-10,14,17,20,24-25,31,34-36,38-41H2,1-2H3,(H,60,61)/b7-5-,13-11-,16-15-,19-18-,22-21-,23-12-,29-27+,30-26-,32-28-,37-33-/t42?,43-,46?,47-,48+,49-,50-,51?/m1/s1. The molecule has 4 unspecified atom stereocenters. The minimum absolute atomic E-state index is 0.00458. The summed E-state index contributed by atoms with van der Waals surface area (Å²) in [5.74, 6) is -1.34. The Balaban J connectivity index is 2.60. The van der Waals surface area contributed by atoms with Crippen molar-refractivity contribution in [2.24, 2.45) is 0 Å². The summed E-state index contributed by atoms with van der Waals surface area (Å²) >= 11 is 0. The van der Waals surface area contributed by atoms with Crippen LogP contribution < -0.4 is 0 Å². The molecule has 0 saturated heterocycles. The smallest absolute Gasteiger partial charge is 0.462 e. The normalized spacial score (nSPS) is 22.9. The number of phosphoric ester groups is 1. The van der Waals surface area contributed by atoms with Gasteiger partial charge in [0.05, 0.1) is 12.7 Å².